The summed E-state index contributed by atoms with van der Waals surface area (Å²) in [7, 11) is 2.17. The van der Waals surface area contributed by atoms with Gasteiger partial charge in [-0.1, -0.05) is 24.3 Å². The minimum atomic E-state index is 0.0262. The van der Waals surface area contributed by atoms with Crippen molar-refractivity contribution in [3.63, 3.8) is 0 Å². The number of nitrogens with zero attached hydrogens (tertiary/aromatic N) is 3. The Morgan fingerprint density at radius 1 is 1.20 bits per heavy atom. The van der Waals surface area contributed by atoms with Gasteiger partial charge in [0.05, 0.1) is 18.3 Å². The van der Waals surface area contributed by atoms with Crippen molar-refractivity contribution in [1.29, 1.82) is 0 Å². The number of pyridine rings is 1. The Balaban J connectivity index is 1.90. The van der Waals surface area contributed by atoms with Crippen molar-refractivity contribution in [2.45, 2.75) is 6.04 Å². The Labute approximate surface area is 156 Å². The highest BCUT2D eigenvalue weighted by Crippen LogP contribution is 2.39. The van der Waals surface area contributed by atoms with E-state index in [4.69, 9.17) is 4.98 Å². The fourth-order valence-electron chi connectivity index (χ4n) is 3.83. The summed E-state index contributed by atoms with van der Waals surface area (Å²) in [5.41, 5.74) is 5.47. The highest BCUT2D eigenvalue weighted by molar-refractivity contribution is 9.10. The fraction of sp³-hybridized carbons (Fsp3) is 0.350. The third-order valence-corrected chi connectivity index (χ3v) is 5.61. The van der Waals surface area contributed by atoms with E-state index < -0.39 is 0 Å². The molecule has 1 atom stereocenters. The van der Waals surface area contributed by atoms with Gasteiger partial charge in [-0.15, -0.1) is 0 Å². The van der Waals surface area contributed by atoms with E-state index in [-0.39, 0.29) is 12.6 Å². The molecule has 2 aliphatic rings. The van der Waals surface area contributed by atoms with Crippen LogP contribution in [0.1, 0.15) is 28.4 Å². The van der Waals surface area contributed by atoms with Crippen LogP contribution in [0.15, 0.2) is 41.0 Å². The van der Waals surface area contributed by atoms with Gasteiger partial charge in [-0.05, 0) is 57.4 Å². The summed E-state index contributed by atoms with van der Waals surface area (Å²) >= 11 is 3.54. The summed E-state index contributed by atoms with van der Waals surface area (Å²) in [6.45, 7) is 4.18. The third kappa shape index (κ3) is 3.17. The zero-order chi connectivity index (χ0) is 17.4. The van der Waals surface area contributed by atoms with Gasteiger partial charge < -0.3 is 10.0 Å². The predicted octanol–water partition coefficient (Wildman–Crippen LogP) is 3.03. The number of aliphatic hydroxyl groups excluding tert-OH is 1. The van der Waals surface area contributed by atoms with Crippen LogP contribution in [0.4, 0.5) is 0 Å². The van der Waals surface area contributed by atoms with E-state index in [1.54, 1.807) is 0 Å². The molecule has 1 aromatic heterocycles. The molecule has 0 saturated carbocycles. The van der Waals surface area contributed by atoms with Crippen LogP contribution in [0.25, 0.3) is 11.6 Å². The van der Waals surface area contributed by atoms with Crippen molar-refractivity contribution < 1.29 is 5.11 Å². The molecular formula is C20H22BrN3O. The molecule has 1 unspecified atom stereocenters. The molecule has 1 aliphatic carbocycles. The molecule has 0 amide bonds. The van der Waals surface area contributed by atoms with Crippen LogP contribution >= 0.6 is 15.9 Å². The number of halogens is 1. The van der Waals surface area contributed by atoms with Gasteiger partial charge in [0.25, 0.3) is 0 Å². The Morgan fingerprint density at radius 3 is 2.72 bits per heavy atom. The summed E-state index contributed by atoms with van der Waals surface area (Å²) in [6.07, 6.45) is 3.96. The topological polar surface area (TPSA) is 39.6 Å². The van der Waals surface area contributed by atoms with Crippen LogP contribution in [-0.2, 0) is 0 Å². The van der Waals surface area contributed by atoms with Crippen LogP contribution in [0, 0.1) is 0 Å². The second kappa shape index (κ2) is 7.00. The Bertz CT molecular complexity index is 812. The molecule has 1 N–H and O–H groups in total. The number of aliphatic hydroxyl groups is 1. The lowest BCUT2D eigenvalue weighted by Crippen LogP contribution is -2.46. The average molecular weight is 400 g/mol. The van der Waals surface area contributed by atoms with Crippen molar-refractivity contribution in [3.05, 3.63) is 63.4 Å². The first-order valence-corrected chi connectivity index (χ1v) is 9.45. The van der Waals surface area contributed by atoms with Gasteiger partial charge >= 0.3 is 0 Å². The molecule has 130 valence electrons. The van der Waals surface area contributed by atoms with Crippen molar-refractivity contribution in [3.8, 4) is 0 Å². The average Bonchev–Trinajstić information content (AvgIpc) is 2.76. The Kier molecular flexibility index (Phi) is 4.73. The molecule has 25 heavy (non-hydrogen) atoms. The third-order valence-electron chi connectivity index (χ3n) is 5.18. The van der Waals surface area contributed by atoms with E-state index in [0.29, 0.717) is 0 Å². The molecule has 1 saturated heterocycles. The van der Waals surface area contributed by atoms with Crippen molar-refractivity contribution in [2.24, 2.45) is 0 Å². The van der Waals surface area contributed by atoms with Gasteiger partial charge in [0.15, 0.2) is 0 Å². The number of likely N-dealkylation sites (N-methyl/N-ethyl adjacent to an activating group) is 1. The second-order valence-electron chi connectivity index (χ2n) is 6.78. The van der Waals surface area contributed by atoms with Gasteiger partial charge in [-0.3, -0.25) is 9.88 Å². The highest BCUT2D eigenvalue weighted by Gasteiger charge is 2.31. The molecule has 1 fully saturated rings. The number of aromatic nitrogens is 1. The summed E-state index contributed by atoms with van der Waals surface area (Å²) in [5.74, 6) is 0. The molecule has 1 aliphatic heterocycles. The molecule has 0 bridgehead atoms. The summed E-state index contributed by atoms with van der Waals surface area (Å²) in [4.78, 5) is 9.68. The maximum absolute atomic E-state index is 9.97. The van der Waals surface area contributed by atoms with Gasteiger partial charge in [0.2, 0.25) is 0 Å². The molecule has 5 heteroatoms. The van der Waals surface area contributed by atoms with Gasteiger partial charge in [-0.2, -0.15) is 0 Å². The first-order chi connectivity index (χ1) is 12.2. The number of hydrogen-bond donors (Lipinski definition) is 1. The minimum Gasteiger partial charge on any atom is -0.392 e. The van der Waals surface area contributed by atoms with E-state index in [1.165, 1.54) is 5.56 Å². The quantitative estimate of drug-likeness (QED) is 0.842. The van der Waals surface area contributed by atoms with E-state index >= 15 is 0 Å². The summed E-state index contributed by atoms with van der Waals surface area (Å²) < 4.78 is 0.961. The van der Waals surface area contributed by atoms with E-state index in [0.717, 1.165) is 53.0 Å². The van der Waals surface area contributed by atoms with Crippen molar-refractivity contribution in [1.82, 2.24) is 14.8 Å². The van der Waals surface area contributed by atoms with Crippen LogP contribution in [-0.4, -0.2) is 59.7 Å². The van der Waals surface area contributed by atoms with E-state index in [9.17, 15) is 5.11 Å². The van der Waals surface area contributed by atoms with Crippen molar-refractivity contribution in [2.75, 3.05) is 39.8 Å². The molecule has 2 heterocycles. The van der Waals surface area contributed by atoms with Gasteiger partial charge in [0, 0.05) is 36.8 Å². The lowest BCUT2D eigenvalue weighted by atomic mass is 9.94. The second-order valence-corrected chi connectivity index (χ2v) is 7.70. The zero-order valence-electron chi connectivity index (χ0n) is 14.3. The van der Waals surface area contributed by atoms with Gasteiger partial charge in [0.1, 0.15) is 0 Å². The molecule has 0 radical (unpaired) electrons. The van der Waals surface area contributed by atoms with Crippen molar-refractivity contribution >= 4 is 27.6 Å². The zero-order valence-corrected chi connectivity index (χ0v) is 15.9. The standard InChI is InChI=1S/C20H22BrN3O/c1-23-6-8-24(9-7-23)20-18-5-3-2-4-17(18)15(13-25)10-14-11-16(21)12-22-19(14)20/h2-5,10-12,20,25H,6-9,13H2,1H3. The first-order valence-electron chi connectivity index (χ1n) is 8.66. The normalized spacial score (nSPS) is 21.2. The molecule has 1 aromatic carbocycles. The predicted molar refractivity (Wildman–Crippen MR) is 104 cm³/mol. The number of rotatable bonds is 2. The lowest BCUT2D eigenvalue weighted by Gasteiger charge is -2.38. The molecule has 0 spiro atoms. The minimum absolute atomic E-state index is 0.0262. The number of fused-ring (bicyclic) bond motifs is 2. The molecule has 4 nitrogen and oxygen atoms in total. The Hall–Kier alpha value is -1.53. The first kappa shape index (κ1) is 16.9. The monoisotopic (exact) mass is 399 g/mol. The fourth-order valence-corrected chi connectivity index (χ4v) is 4.18. The molecule has 4 rings (SSSR count). The largest absolute Gasteiger partial charge is 0.392 e. The summed E-state index contributed by atoms with van der Waals surface area (Å²) in [5, 5.41) is 9.97. The number of piperazine rings is 1. The maximum Gasteiger partial charge on any atom is 0.0789 e. The van der Waals surface area contributed by atoms with Crippen LogP contribution < -0.4 is 0 Å². The smallest absolute Gasteiger partial charge is 0.0789 e. The Morgan fingerprint density at radius 2 is 1.96 bits per heavy atom. The number of benzene rings is 1. The maximum atomic E-state index is 9.97. The van der Waals surface area contributed by atoms with E-state index in [2.05, 4.69) is 63.1 Å². The SMILES string of the molecule is CN1CCN(C2c3ccccc3C(CO)=Cc3cc(Br)cnc32)CC1. The summed E-state index contributed by atoms with van der Waals surface area (Å²) in [6, 6.07) is 10.6. The van der Waals surface area contributed by atoms with Gasteiger partial charge in [-0.25, -0.2) is 0 Å². The van der Waals surface area contributed by atoms with Crippen LogP contribution in [0.3, 0.4) is 0 Å². The van der Waals surface area contributed by atoms with Crippen LogP contribution in [0.5, 0.6) is 0 Å². The highest BCUT2D eigenvalue weighted by atomic mass is 79.9. The van der Waals surface area contributed by atoms with Crippen LogP contribution in [0.2, 0.25) is 0 Å². The number of hydrogen-bond acceptors (Lipinski definition) is 4. The molecule has 2 aromatic rings. The lowest BCUT2D eigenvalue weighted by molar-refractivity contribution is 0.125. The van der Waals surface area contributed by atoms with E-state index in [1.807, 2.05) is 12.3 Å². The molecular weight excluding hydrogens is 378 g/mol.